The van der Waals surface area contributed by atoms with Gasteiger partial charge in [-0.2, -0.15) is 5.26 Å². The van der Waals surface area contributed by atoms with E-state index in [-0.39, 0.29) is 0 Å². The maximum Gasteiger partial charge on any atom is 0.160 e. The van der Waals surface area contributed by atoms with E-state index in [1.54, 1.807) is 0 Å². The van der Waals surface area contributed by atoms with Crippen LogP contribution in [0.2, 0.25) is 0 Å². The predicted molar refractivity (Wildman–Crippen MR) is 108 cm³/mol. The molecule has 1 heterocycles. The Hall–Kier alpha value is -3.77. The van der Waals surface area contributed by atoms with Crippen LogP contribution < -0.4 is 0 Å². The van der Waals surface area contributed by atoms with Gasteiger partial charge < -0.3 is 0 Å². The number of benzene rings is 3. The van der Waals surface area contributed by atoms with Crippen molar-refractivity contribution in [2.75, 3.05) is 0 Å². The van der Waals surface area contributed by atoms with Crippen LogP contribution in [0.3, 0.4) is 0 Å². The van der Waals surface area contributed by atoms with Crippen molar-refractivity contribution < 1.29 is 0 Å². The summed E-state index contributed by atoms with van der Waals surface area (Å²) in [7, 11) is 0. The van der Waals surface area contributed by atoms with Crippen LogP contribution in [0.4, 0.5) is 0 Å². The minimum atomic E-state index is 0.655. The van der Waals surface area contributed by atoms with Crippen LogP contribution in [-0.2, 0) is 0 Å². The van der Waals surface area contributed by atoms with Crippen LogP contribution in [0.5, 0.6) is 0 Å². The summed E-state index contributed by atoms with van der Waals surface area (Å²) in [4.78, 5) is 9.36. The Morgan fingerprint density at radius 3 is 2.11 bits per heavy atom. The summed E-state index contributed by atoms with van der Waals surface area (Å²) in [6.07, 6.45) is 0. The highest BCUT2D eigenvalue weighted by Gasteiger charge is 2.08. The largest absolute Gasteiger partial charge is 0.233 e. The van der Waals surface area contributed by atoms with E-state index in [0.29, 0.717) is 5.56 Å². The molecule has 3 aromatic carbocycles. The van der Waals surface area contributed by atoms with Crippen LogP contribution in [0.15, 0.2) is 84.9 Å². The van der Waals surface area contributed by atoms with Gasteiger partial charge in [0.05, 0.1) is 17.3 Å². The summed E-state index contributed by atoms with van der Waals surface area (Å²) in [6, 6.07) is 30.0. The molecule has 0 aliphatic rings. The van der Waals surface area contributed by atoms with Gasteiger partial charge in [-0.15, -0.1) is 0 Å². The number of nitrogens with zero attached hydrogens (tertiary/aromatic N) is 3. The summed E-state index contributed by atoms with van der Waals surface area (Å²) < 4.78 is 0. The van der Waals surface area contributed by atoms with Crippen LogP contribution in [-0.4, -0.2) is 9.97 Å². The summed E-state index contributed by atoms with van der Waals surface area (Å²) in [5.41, 5.74) is 6.57. The first kappa shape index (κ1) is 16.7. The lowest BCUT2D eigenvalue weighted by Crippen LogP contribution is -1.95. The fourth-order valence-corrected chi connectivity index (χ4v) is 3.06. The molecule has 4 rings (SSSR count). The molecule has 0 atom stereocenters. The third kappa shape index (κ3) is 3.61. The van der Waals surface area contributed by atoms with Crippen molar-refractivity contribution in [2.24, 2.45) is 0 Å². The maximum absolute atomic E-state index is 9.14. The van der Waals surface area contributed by atoms with Gasteiger partial charge in [-0.1, -0.05) is 60.7 Å². The van der Waals surface area contributed by atoms with E-state index < -0.39 is 0 Å². The Balaban J connectivity index is 1.78. The summed E-state index contributed by atoms with van der Waals surface area (Å²) in [5, 5.41) is 9.14. The molecule has 0 N–H and O–H groups in total. The summed E-state index contributed by atoms with van der Waals surface area (Å²) >= 11 is 0. The Morgan fingerprint density at radius 1 is 0.667 bits per heavy atom. The van der Waals surface area contributed by atoms with Gasteiger partial charge in [0.1, 0.15) is 0 Å². The number of hydrogen-bond acceptors (Lipinski definition) is 3. The van der Waals surface area contributed by atoms with Crippen LogP contribution >= 0.6 is 0 Å². The second-order valence-corrected chi connectivity index (χ2v) is 6.36. The van der Waals surface area contributed by atoms with Crippen molar-refractivity contribution in [1.82, 2.24) is 9.97 Å². The monoisotopic (exact) mass is 347 g/mol. The zero-order chi connectivity index (χ0) is 18.6. The van der Waals surface area contributed by atoms with Crippen LogP contribution in [0.1, 0.15) is 11.3 Å². The van der Waals surface area contributed by atoms with E-state index in [2.05, 4.69) is 17.1 Å². The average Bonchev–Trinajstić information content (AvgIpc) is 2.74. The van der Waals surface area contributed by atoms with Crippen molar-refractivity contribution in [3.63, 3.8) is 0 Å². The van der Waals surface area contributed by atoms with Gasteiger partial charge in [-0.25, -0.2) is 9.97 Å². The van der Waals surface area contributed by atoms with Gasteiger partial charge >= 0.3 is 0 Å². The molecule has 3 heteroatoms. The molecule has 0 aliphatic carbocycles. The van der Waals surface area contributed by atoms with E-state index in [4.69, 9.17) is 10.2 Å². The number of rotatable bonds is 3. The Labute approximate surface area is 158 Å². The normalized spacial score (nSPS) is 10.4. The highest BCUT2D eigenvalue weighted by molar-refractivity contribution is 5.73. The second-order valence-electron chi connectivity index (χ2n) is 6.36. The Morgan fingerprint density at radius 2 is 1.33 bits per heavy atom. The number of aryl methyl sites for hydroxylation is 1. The SMILES string of the molecule is Cc1cc(-c2cccc(-c3cccc(C#N)c3)c2)nc(-c2ccccc2)n1. The quantitative estimate of drug-likeness (QED) is 0.480. The van der Waals surface area contributed by atoms with Gasteiger partial charge in [0.15, 0.2) is 5.82 Å². The lowest BCUT2D eigenvalue weighted by Gasteiger charge is -2.09. The molecule has 0 saturated carbocycles. The number of nitriles is 1. The van der Waals surface area contributed by atoms with E-state index in [9.17, 15) is 0 Å². The van der Waals surface area contributed by atoms with E-state index in [1.807, 2.05) is 85.8 Å². The molecule has 0 bridgehead atoms. The van der Waals surface area contributed by atoms with Crippen molar-refractivity contribution in [3.05, 3.63) is 96.2 Å². The number of aromatic nitrogens is 2. The second kappa shape index (κ2) is 7.23. The minimum absolute atomic E-state index is 0.655. The minimum Gasteiger partial charge on any atom is -0.233 e. The third-order valence-corrected chi connectivity index (χ3v) is 4.37. The van der Waals surface area contributed by atoms with E-state index >= 15 is 0 Å². The smallest absolute Gasteiger partial charge is 0.160 e. The molecule has 4 aromatic rings. The Kier molecular flexibility index (Phi) is 4.47. The van der Waals surface area contributed by atoms with Crippen LogP contribution in [0.25, 0.3) is 33.8 Å². The predicted octanol–water partition coefficient (Wildman–Crippen LogP) is 5.66. The van der Waals surface area contributed by atoms with Gasteiger partial charge in [-0.3, -0.25) is 0 Å². The highest BCUT2D eigenvalue weighted by Crippen LogP contribution is 2.27. The third-order valence-electron chi connectivity index (χ3n) is 4.37. The molecule has 0 spiro atoms. The molecule has 0 saturated heterocycles. The fourth-order valence-electron chi connectivity index (χ4n) is 3.06. The van der Waals surface area contributed by atoms with Gasteiger partial charge in [0, 0.05) is 16.8 Å². The van der Waals surface area contributed by atoms with E-state index in [1.165, 1.54) is 0 Å². The maximum atomic E-state index is 9.14. The molecule has 128 valence electrons. The molecule has 0 amide bonds. The summed E-state index contributed by atoms with van der Waals surface area (Å²) in [6.45, 7) is 1.98. The molecule has 0 radical (unpaired) electrons. The van der Waals surface area contributed by atoms with Gasteiger partial charge in [-0.05, 0) is 42.3 Å². The zero-order valence-electron chi connectivity index (χ0n) is 14.9. The molecule has 0 unspecified atom stereocenters. The average molecular weight is 347 g/mol. The summed E-state index contributed by atoms with van der Waals surface area (Å²) in [5.74, 6) is 0.725. The molecule has 27 heavy (non-hydrogen) atoms. The molecule has 1 aromatic heterocycles. The van der Waals surface area contributed by atoms with Crippen molar-refractivity contribution in [3.8, 4) is 39.8 Å². The van der Waals surface area contributed by atoms with Crippen molar-refractivity contribution in [1.29, 1.82) is 5.26 Å². The number of hydrogen-bond donors (Lipinski definition) is 0. The van der Waals surface area contributed by atoms with E-state index in [0.717, 1.165) is 39.5 Å². The standard InChI is InChI=1S/C24H17N3/c1-17-13-23(27-24(26-17)19-8-3-2-4-9-19)22-12-6-11-21(15-22)20-10-5-7-18(14-20)16-25/h2-15H,1H3. The molecule has 0 fully saturated rings. The zero-order valence-corrected chi connectivity index (χ0v) is 14.9. The molecular formula is C24H17N3. The topological polar surface area (TPSA) is 49.6 Å². The lowest BCUT2D eigenvalue weighted by molar-refractivity contribution is 1.11. The molecule has 3 nitrogen and oxygen atoms in total. The van der Waals surface area contributed by atoms with Crippen molar-refractivity contribution >= 4 is 0 Å². The molecular weight excluding hydrogens is 330 g/mol. The van der Waals surface area contributed by atoms with Gasteiger partial charge in [0.25, 0.3) is 0 Å². The molecule has 0 aliphatic heterocycles. The lowest BCUT2D eigenvalue weighted by atomic mass is 10.00. The fraction of sp³-hybridized carbons (Fsp3) is 0.0417. The first-order valence-electron chi connectivity index (χ1n) is 8.75. The Bertz CT molecular complexity index is 1140. The highest BCUT2D eigenvalue weighted by atomic mass is 14.9. The first-order valence-corrected chi connectivity index (χ1v) is 8.75. The van der Waals surface area contributed by atoms with Gasteiger partial charge in [0.2, 0.25) is 0 Å². The van der Waals surface area contributed by atoms with Crippen LogP contribution in [0, 0.1) is 18.3 Å². The van der Waals surface area contributed by atoms with Crippen molar-refractivity contribution in [2.45, 2.75) is 6.92 Å². The first-order chi connectivity index (χ1) is 13.2.